The number of carbonyl (C=O) groups excluding carboxylic acids is 1. The lowest BCUT2D eigenvalue weighted by Crippen LogP contribution is -2.20. The summed E-state index contributed by atoms with van der Waals surface area (Å²) in [7, 11) is 4.14. The van der Waals surface area contributed by atoms with Crippen molar-refractivity contribution in [3.8, 4) is 0 Å². The highest BCUT2D eigenvalue weighted by Gasteiger charge is 2.14. The molecule has 0 aromatic rings. The van der Waals surface area contributed by atoms with E-state index in [0.717, 1.165) is 31.7 Å². The van der Waals surface area contributed by atoms with Gasteiger partial charge in [0.2, 0.25) is 0 Å². The average Bonchev–Trinajstić information content (AvgIpc) is 3.04. The fourth-order valence-electron chi connectivity index (χ4n) is 6.83. The van der Waals surface area contributed by atoms with Gasteiger partial charge in [-0.3, -0.25) is 4.79 Å². The molecule has 0 rings (SSSR count). The van der Waals surface area contributed by atoms with Crippen LogP contribution < -0.4 is 0 Å². The third-order valence-corrected chi connectivity index (χ3v) is 10.1. The normalized spacial score (nSPS) is 13.1. The molecule has 2 unspecified atom stereocenters. The molecule has 0 spiro atoms. The molecule has 2 atom stereocenters. The molecule has 0 heterocycles. The fraction of sp³-hybridized carbons (Fsp3) is 0.932. The Balaban J connectivity index is 3.98. The number of carbonyl (C=O) groups is 1. The largest absolute Gasteiger partial charge is 0.462 e. The van der Waals surface area contributed by atoms with E-state index in [1.165, 1.54) is 186 Å². The van der Waals surface area contributed by atoms with Gasteiger partial charge in [0.15, 0.2) is 0 Å². The van der Waals surface area contributed by atoms with Gasteiger partial charge in [-0.2, -0.15) is 0 Å². The van der Waals surface area contributed by atoms with Crippen molar-refractivity contribution in [2.24, 2.45) is 5.92 Å². The van der Waals surface area contributed by atoms with Gasteiger partial charge in [-0.05, 0) is 84.3 Å². The molecule has 0 aliphatic carbocycles. The number of hydrogen-bond acceptors (Lipinski definition) is 3. The van der Waals surface area contributed by atoms with E-state index in [2.05, 4.69) is 51.9 Å². The molecule has 0 aliphatic heterocycles. The molecule has 0 aliphatic rings. The minimum atomic E-state index is 0.0204. The van der Waals surface area contributed by atoms with Crippen LogP contribution in [0.3, 0.4) is 0 Å². The van der Waals surface area contributed by atoms with Gasteiger partial charge in [0.25, 0.3) is 0 Å². The first kappa shape index (κ1) is 46.2. The van der Waals surface area contributed by atoms with Crippen molar-refractivity contribution >= 4 is 5.97 Å². The van der Waals surface area contributed by atoms with Crippen LogP contribution in [0.5, 0.6) is 0 Å². The lowest BCUT2D eigenvalue weighted by Gasteiger charge is -2.18. The number of nitrogens with zero attached hydrogens (tertiary/aromatic N) is 1. The van der Waals surface area contributed by atoms with E-state index in [1.807, 2.05) is 0 Å². The Bertz CT molecular complexity index is 645. The molecule has 0 fully saturated rings. The Morgan fingerprint density at radius 1 is 0.511 bits per heavy atom. The number of allylic oxidation sites excluding steroid dienone is 2. The topological polar surface area (TPSA) is 29.5 Å². The smallest absolute Gasteiger partial charge is 0.306 e. The zero-order valence-corrected chi connectivity index (χ0v) is 33.1. The molecule has 3 nitrogen and oxygen atoms in total. The van der Waals surface area contributed by atoms with Crippen molar-refractivity contribution in [3.05, 3.63) is 12.2 Å². The molecule has 280 valence electrons. The maximum absolute atomic E-state index is 12.6. The second-order valence-electron chi connectivity index (χ2n) is 15.5. The molecule has 0 aromatic heterocycles. The van der Waals surface area contributed by atoms with Gasteiger partial charge >= 0.3 is 5.97 Å². The summed E-state index contributed by atoms with van der Waals surface area (Å²) < 4.78 is 6.03. The first-order chi connectivity index (χ1) is 23.0. The van der Waals surface area contributed by atoms with E-state index in [1.54, 1.807) is 0 Å². The SMILES string of the molecule is CCCCCCCC/C=C\CCCCCCCCC(CCCCCCCCC(C)CCCCCCCCC)OC(=O)CCCN(C)C. The van der Waals surface area contributed by atoms with Gasteiger partial charge in [-0.25, -0.2) is 0 Å². The number of rotatable bonds is 38. The van der Waals surface area contributed by atoms with Crippen LogP contribution in [0, 0.1) is 5.92 Å². The molecule has 0 aromatic carbocycles. The highest BCUT2D eigenvalue weighted by molar-refractivity contribution is 5.69. The summed E-state index contributed by atoms with van der Waals surface area (Å²) in [5.41, 5.74) is 0. The molecular weight excluding hydrogens is 574 g/mol. The van der Waals surface area contributed by atoms with Gasteiger partial charge in [0, 0.05) is 6.42 Å². The van der Waals surface area contributed by atoms with Crippen LogP contribution >= 0.6 is 0 Å². The van der Waals surface area contributed by atoms with E-state index in [9.17, 15) is 4.79 Å². The van der Waals surface area contributed by atoms with Crippen LogP contribution in [0.15, 0.2) is 12.2 Å². The Hall–Kier alpha value is -0.830. The molecule has 47 heavy (non-hydrogen) atoms. The molecule has 3 heteroatoms. The molecule has 0 saturated carbocycles. The van der Waals surface area contributed by atoms with Crippen LogP contribution in [-0.4, -0.2) is 37.6 Å². The van der Waals surface area contributed by atoms with E-state index in [0.29, 0.717) is 6.42 Å². The summed E-state index contributed by atoms with van der Waals surface area (Å²) >= 11 is 0. The zero-order chi connectivity index (χ0) is 34.5. The van der Waals surface area contributed by atoms with Crippen molar-refractivity contribution in [2.75, 3.05) is 20.6 Å². The summed E-state index contributed by atoms with van der Waals surface area (Å²) in [6, 6.07) is 0. The monoisotopic (exact) mass is 662 g/mol. The Kier molecular flexibility index (Phi) is 37.3. The summed E-state index contributed by atoms with van der Waals surface area (Å²) in [5, 5.41) is 0. The molecular formula is C44H87NO2. The average molecular weight is 662 g/mol. The van der Waals surface area contributed by atoms with Crippen LogP contribution in [0.1, 0.15) is 233 Å². The van der Waals surface area contributed by atoms with Gasteiger partial charge in [-0.1, -0.05) is 181 Å². The van der Waals surface area contributed by atoms with Gasteiger partial charge in [0.1, 0.15) is 6.10 Å². The Morgan fingerprint density at radius 2 is 0.872 bits per heavy atom. The predicted octanol–water partition coefficient (Wildman–Crippen LogP) is 14.6. The highest BCUT2D eigenvalue weighted by atomic mass is 16.5. The summed E-state index contributed by atoms with van der Waals surface area (Å²) in [4.78, 5) is 14.7. The van der Waals surface area contributed by atoms with Gasteiger partial charge in [-0.15, -0.1) is 0 Å². The molecule has 0 N–H and O–H groups in total. The number of esters is 1. The van der Waals surface area contributed by atoms with Crippen molar-refractivity contribution in [2.45, 2.75) is 239 Å². The lowest BCUT2D eigenvalue weighted by molar-refractivity contribution is -0.150. The van der Waals surface area contributed by atoms with Gasteiger partial charge in [0.05, 0.1) is 0 Å². The third-order valence-electron chi connectivity index (χ3n) is 10.1. The third kappa shape index (κ3) is 37.8. The molecule has 0 radical (unpaired) electrons. The van der Waals surface area contributed by atoms with E-state index < -0.39 is 0 Å². The summed E-state index contributed by atoms with van der Waals surface area (Å²) in [6.45, 7) is 8.01. The quantitative estimate of drug-likeness (QED) is 0.0375. The maximum Gasteiger partial charge on any atom is 0.306 e. The number of hydrogen-bond donors (Lipinski definition) is 0. The van der Waals surface area contributed by atoms with Crippen molar-refractivity contribution in [3.63, 3.8) is 0 Å². The summed E-state index contributed by atoms with van der Waals surface area (Å²) in [5.74, 6) is 0.924. The van der Waals surface area contributed by atoms with Crippen molar-refractivity contribution in [1.29, 1.82) is 0 Å². The Labute approximate surface area is 297 Å². The standard InChI is InChI=1S/C44H87NO2/c1-6-8-10-12-14-15-16-17-18-19-20-21-22-24-29-33-38-43(47-44(46)40-35-41-45(4)5)39-34-30-26-25-28-32-37-42(3)36-31-27-23-13-11-9-7-2/h17-18,42-43H,6-16,19-41H2,1-5H3/b18-17-. The number of unbranched alkanes of at least 4 members (excludes halogenated alkanes) is 23. The van der Waals surface area contributed by atoms with E-state index in [4.69, 9.17) is 4.74 Å². The maximum atomic E-state index is 12.6. The van der Waals surface area contributed by atoms with Crippen molar-refractivity contribution < 1.29 is 9.53 Å². The van der Waals surface area contributed by atoms with E-state index >= 15 is 0 Å². The molecule has 0 amide bonds. The zero-order valence-electron chi connectivity index (χ0n) is 33.1. The van der Waals surface area contributed by atoms with Crippen molar-refractivity contribution in [1.82, 2.24) is 4.90 Å². The number of ether oxygens (including phenoxy) is 1. The molecule has 0 saturated heterocycles. The Morgan fingerprint density at radius 3 is 1.28 bits per heavy atom. The first-order valence-corrected chi connectivity index (χ1v) is 21.5. The van der Waals surface area contributed by atoms with Crippen LogP contribution in [0.4, 0.5) is 0 Å². The minimum Gasteiger partial charge on any atom is -0.462 e. The van der Waals surface area contributed by atoms with Crippen LogP contribution in [0.25, 0.3) is 0 Å². The second kappa shape index (κ2) is 38.0. The van der Waals surface area contributed by atoms with Gasteiger partial charge < -0.3 is 9.64 Å². The lowest BCUT2D eigenvalue weighted by atomic mass is 9.95. The highest BCUT2D eigenvalue weighted by Crippen LogP contribution is 2.21. The van der Waals surface area contributed by atoms with Crippen LogP contribution in [0.2, 0.25) is 0 Å². The second-order valence-corrected chi connectivity index (χ2v) is 15.5. The first-order valence-electron chi connectivity index (χ1n) is 21.5. The van der Waals surface area contributed by atoms with E-state index in [-0.39, 0.29) is 12.1 Å². The minimum absolute atomic E-state index is 0.0204. The molecule has 0 bridgehead atoms. The van der Waals surface area contributed by atoms with Crippen LogP contribution in [-0.2, 0) is 9.53 Å². The fourth-order valence-corrected chi connectivity index (χ4v) is 6.83. The summed E-state index contributed by atoms with van der Waals surface area (Å²) in [6.07, 6.45) is 48.0. The predicted molar refractivity (Wildman–Crippen MR) is 210 cm³/mol.